The summed E-state index contributed by atoms with van der Waals surface area (Å²) in [6, 6.07) is 4.15. The molecule has 1 aromatic rings. The molecule has 0 bridgehead atoms. The largest absolute Gasteiger partial charge is 0.338 e. The highest BCUT2D eigenvalue weighted by molar-refractivity contribution is 7.89. The van der Waals surface area contributed by atoms with E-state index in [1.54, 1.807) is 12.1 Å². The van der Waals surface area contributed by atoms with Crippen LogP contribution in [-0.4, -0.2) is 30.7 Å². The Bertz CT molecular complexity index is 606. The number of hydrogen-bond acceptors (Lipinski definition) is 4. The summed E-state index contributed by atoms with van der Waals surface area (Å²) in [6.07, 6.45) is 0. The second-order valence-corrected chi connectivity index (χ2v) is 5.90. The highest BCUT2D eigenvalue weighted by Crippen LogP contribution is 2.21. The molecular weight excluding hydrogens is 256 g/mol. The Hall–Kier alpha value is -1.89. The van der Waals surface area contributed by atoms with Crippen LogP contribution in [0.15, 0.2) is 29.2 Å². The van der Waals surface area contributed by atoms with Crippen LogP contribution in [0.25, 0.3) is 0 Å². The van der Waals surface area contributed by atoms with Gasteiger partial charge in [-0.1, -0.05) is 17.7 Å². The van der Waals surface area contributed by atoms with Gasteiger partial charge >= 0.3 is 6.03 Å². The monoisotopic (exact) mass is 268 g/mol. The molecule has 1 heterocycles. The molecule has 96 valence electrons. The lowest BCUT2D eigenvalue weighted by atomic mass is 10.2. The van der Waals surface area contributed by atoms with Crippen molar-refractivity contribution in [2.24, 2.45) is 0 Å². The zero-order valence-corrected chi connectivity index (χ0v) is 10.7. The molecule has 1 aromatic carbocycles. The van der Waals surface area contributed by atoms with Gasteiger partial charge in [0.05, 0.1) is 4.90 Å². The maximum Gasteiger partial charge on any atom is 0.338 e. The first-order valence-corrected chi connectivity index (χ1v) is 6.74. The third-order valence-electron chi connectivity index (χ3n) is 2.74. The number of sulfonamides is 1. The molecule has 6 nitrogen and oxygen atoms in total. The number of nitrogens with zero attached hydrogens (tertiary/aromatic N) is 1. The molecule has 1 aliphatic rings. The Kier molecular flexibility index (Phi) is 2.86. The van der Waals surface area contributed by atoms with Gasteiger partial charge in [0.25, 0.3) is 15.9 Å². The van der Waals surface area contributed by atoms with Crippen LogP contribution in [0.1, 0.15) is 12.5 Å². The fourth-order valence-corrected chi connectivity index (χ4v) is 3.17. The van der Waals surface area contributed by atoms with Gasteiger partial charge in [-0.3, -0.25) is 10.1 Å². The summed E-state index contributed by atoms with van der Waals surface area (Å²) in [5.41, 5.74) is 0.906. The van der Waals surface area contributed by atoms with Crippen molar-refractivity contribution in [3.05, 3.63) is 29.8 Å². The smallest absolute Gasteiger partial charge is 0.275 e. The number of imide groups is 1. The standard InChI is InChI=1S/C11H12N2O4S/c1-7-3-5-9(6-4-7)18(16,17)13-8(2)10(14)12-11(13)15/h3-6,8H,1-2H3,(H,12,14,15)/t8-/m0/s1. The van der Waals surface area contributed by atoms with E-state index in [4.69, 9.17) is 0 Å². The first-order valence-electron chi connectivity index (χ1n) is 5.30. The van der Waals surface area contributed by atoms with E-state index in [0.717, 1.165) is 5.56 Å². The van der Waals surface area contributed by atoms with E-state index in [9.17, 15) is 18.0 Å². The molecule has 3 amide bonds. The molecule has 2 rings (SSSR count). The first-order chi connectivity index (χ1) is 8.34. The summed E-state index contributed by atoms with van der Waals surface area (Å²) in [5, 5.41) is 1.97. The zero-order valence-electron chi connectivity index (χ0n) is 9.88. The van der Waals surface area contributed by atoms with Crippen molar-refractivity contribution in [3.8, 4) is 0 Å². The van der Waals surface area contributed by atoms with Gasteiger partial charge < -0.3 is 0 Å². The van der Waals surface area contributed by atoms with Crippen molar-refractivity contribution >= 4 is 22.0 Å². The molecule has 1 saturated heterocycles. The Morgan fingerprint density at radius 2 is 1.72 bits per heavy atom. The summed E-state index contributed by atoms with van der Waals surface area (Å²) >= 11 is 0. The molecule has 1 aliphatic heterocycles. The van der Waals surface area contributed by atoms with Crippen LogP contribution >= 0.6 is 0 Å². The number of carbonyl (C=O) groups is 2. The molecule has 1 N–H and O–H groups in total. The second kappa shape index (κ2) is 4.09. The minimum atomic E-state index is -3.99. The maximum absolute atomic E-state index is 12.2. The predicted molar refractivity (Wildman–Crippen MR) is 63.2 cm³/mol. The summed E-state index contributed by atoms with van der Waals surface area (Å²) in [4.78, 5) is 22.8. The fraction of sp³-hybridized carbons (Fsp3) is 0.273. The molecule has 1 fully saturated rings. The van der Waals surface area contributed by atoms with Crippen LogP contribution in [0, 0.1) is 6.92 Å². The SMILES string of the molecule is Cc1ccc(S(=O)(=O)N2C(=O)NC(=O)[C@@H]2C)cc1. The average molecular weight is 268 g/mol. The van der Waals surface area contributed by atoms with E-state index >= 15 is 0 Å². The fourth-order valence-electron chi connectivity index (χ4n) is 1.69. The van der Waals surface area contributed by atoms with Crippen LogP contribution in [-0.2, 0) is 14.8 Å². The van der Waals surface area contributed by atoms with Gasteiger partial charge in [-0.15, -0.1) is 0 Å². The van der Waals surface area contributed by atoms with Crippen molar-refractivity contribution in [1.82, 2.24) is 9.62 Å². The number of carbonyl (C=O) groups excluding carboxylic acids is 2. The molecule has 0 aromatic heterocycles. The van der Waals surface area contributed by atoms with Gasteiger partial charge in [0.15, 0.2) is 0 Å². The molecule has 0 unspecified atom stereocenters. The molecule has 0 saturated carbocycles. The van der Waals surface area contributed by atoms with E-state index in [1.807, 2.05) is 12.2 Å². The van der Waals surface area contributed by atoms with Gasteiger partial charge in [-0.25, -0.2) is 17.5 Å². The van der Waals surface area contributed by atoms with Crippen LogP contribution in [0.2, 0.25) is 0 Å². The van der Waals surface area contributed by atoms with Gasteiger partial charge in [-0.05, 0) is 26.0 Å². The van der Waals surface area contributed by atoms with Crippen LogP contribution in [0.5, 0.6) is 0 Å². The molecule has 0 radical (unpaired) electrons. The first kappa shape index (κ1) is 12.6. The maximum atomic E-state index is 12.2. The van der Waals surface area contributed by atoms with Crippen molar-refractivity contribution in [3.63, 3.8) is 0 Å². The van der Waals surface area contributed by atoms with Gasteiger partial charge in [0, 0.05) is 0 Å². The number of aryl methyl sites for hydroxylation is 1. The number of amides is 3. The highest BCUT2D eigenvalue weighted by Gasteiger charge is 2.43. The van der Waals surface area contributed by atoms with Crippen LogP contribution < -0.4 is 5.32 Å². The molecule has 1 atom stereocenters. The molecule has 18 heavy (non-hydrogen) atoms. The van der Waals surface area contributed by atoms with E-state index < -0.39 is 28.0 Å². The van der Waals surface area contributed by atoms with E-state index in [0.29, 0.717) is 4.31 Å². The number of nitrogens with one attached hydrogen (secondary N) is 1. The van der Waals surface area contributed by atoms with E-state index in [1.165, 1.54) is 19.1 Å². The zero-order chi connectivity index (χ0) is 13.5. The quantitative estimate of drug-likeness (QED) is 0.797. The Balaban J connectivity index is 2.46. The third-order valence-corrected chi connectivity index (χ3v) is 4.61. The molecule has 7 heteroatoms. The number of benzene rings is 1. The number of urea groups is 1. The summed E-state index contributed by atoms with van der Waals surface area (Å²) in [5.74, 6) is -0.615. The van der Waals surface area contributed by atoms with Gasteiger partial charge in [0.2, 0.25) is 0 Å². The van der Waals surface area contributed by atoms with Crippen molar-refractivity contribution in [2.45, 2.75) is 24.8 Å². The Morgan fingerprint density at radius 3 is 2.17 bits per heavy atom. The van der Waals surface area contributed by atoms with Gasteiger partial charge in [0.1, 0.15) is 6.04 Å². The summed E-state index contributed by atoms with van der Waals surface area (Å²) < 4.78 is 25.0. The Labute approximate surface area is 105 Å². The van der Waals surface area contributed by atoms with E-state index in [-0.39, 0.29) is 4.90 Å². The van der Waals surface area contributed by atoms with Crippen molar-refractivity contribution in [1.29, 1.82) is 0 Å². The third kappa shape index (κ3) is 1.86. The summed E-state index contributed by atoms with van der Waals surface area (Å²) in [7, 11) is -3.99. The normalized spacial score (nSPS) is 20.1. The lowest BCUT2D eigenvalue weighted by Crippen LogP contribution is -2.38. The molecule has 0 spiro atoms. The van der Waals surface area contributed by atoms with Gasteiger partial charge in [-0.2, -0.15) is 0 Å². The molecular formula is C11H12N2O4S. The van der Waals surface area contributed by atoms with Crippen molar-refractivity contribution < 1.29 is 18.0 Å². The second-order valence-electron chi connectivity index (χ2n) is 4.08. The minimum Gasteiger partial charge on any atom is -0.275 e. The Morgan fingerprint density at radius 1 is 1.17 bits per heavy atom. The number of hydrogen-bond donors (Lipinski definition) is 1. The lowest BCUT2D eigenvalue weighted by Gasteiger charge is -2.18. The van der Waals surface area contributed by atoms with Crippen LogP contribution in [0.4, 0.5) is 4.79 Å². The van der Waals surface area contributed by atoms with Crippen molar-refractivity contribution in [2.75, 3.05) is 0 Å². The van der Waals surface area contributed by atoms with Crippen LogP contribution in [0.3, 0.4) is 0 Å². The lowest BCUT2D eigenvalue weighted by molar-refractivity contribution is -0.120. The minimum absolute atomic E-state index is 0.00944. The average Bonchev–Trinajstić information content (AvgIpc) is 2.54. The molecule has 0 aliphatic carbocycles. The summed E-state index contributed by atoms with van der Waals surface area (Å²) in [6.45, 7) is 3.19. The number of rotatable bonds is 2. The highest BCUT2D eigenvalue weighted by atomic mass is 32.2. The van der Waals surface area contributed by atoms with E-state index in [2.05, 4.69) is 0 Å². The topological polar surface area (TPSA) is 83.6 Å². The predicted octanol–water partition coefficient (Wildman–Crippen LogP) is 0.624.